The molecule has 0 bridgehead atoms. The minimum atomic E-state index is -0.301. The zero-order valence-corrected chi connectivity index (χ0v) is 7.12. The van der Waals surface area contributed by atoms with Crippen LogP contribution in [0.5, 0.6) is 0 Å². The van der Waals surface area contributed by atoms with Crippen LogP contribution in [0.25, 0.3) is 0 Å². The molecule has 0 amide bonds. The van der Waals surface area contributed by atoms with E-state index in [2.05, 4.69) is 23.0 Å². The summed E-state index contributed by atoms with van der Waals surface area (Å²) in [4.78, 5) is 10.7. The van der Waals surface area contributed by atoms with Crippen LogP contribution < -0.4 is 0 Å². The van der Waals surface area contributed by atoms with Crippen molar-refractivity contribution < 1.29 is 9.53 Å². The van der Waals surface area contributed by atoms with Crippen LogP contribution in [0.15, 0.2) is 36.0 Å². The number of hydrogen-bond acceptors (Lipinski definition) is 2. The van der Waals surface area contributed by atoms with Crippen LogP contribution in [0.1, 0.15) is 12.8 Å². The summed E-state index contributed by atoms with van der Waals surface area (Å²) in [7, 11) is 1.38. The predicted octanol–water partition coefficient (Wildman–Crippen LogP) is 1.99. The van der Waals surface area contributed by atoms with Crippen molar-refractivity contribution in [1.29, 1.82) is 0 Å². The number of ether oxygens (including phenoxy) is 1. The van der Waals surface area contributed by atoms with Gasteiger partial charge >= 0.3 is 5.97 Å². The lowest BCUT2D eigenvalue weighted by molar-refractivity contribution is -0.134. The Labute approximate surface area is 72.2 Å². The summed E-state index contributed by atoms with van der Waals surface area (Å²) in [5, 5.41) is 0. The predicted molar refractivity (Wildman–Crippen MR) is 47.6 cm³/mol. The Bertz CT molecular complexity index is 247. The summed E-state index contributed by atoms with van der Waals surface area (Å²) in [6, 6.07) is 0. The fraction of sp³-hybridized carbons (Fsp3) is 0.300. The lowest BCUT2D eigenvalue weighted by atomic mass is 10.1. The van der Waals surface area contributed by atoms with Crippen molar-refractivity contribution in [2.45, 2.75) is 12.8 Å². The highest BCUT2D eigenvalue weighted by Crippen LogP contribution is 2.11. The number of carbonyl (C=O) groups excluding carboxylic acids is 1. The van der Waals surface area contributed by atoms with Crippen LogP contribution in [0.3, 0.4) is 0 Å². The second-order valence-electron chi connectivity index (χ2n) is 2.55. The smallest absolute Gasteiger partial charge is 0.330 e. The van der Waals surface area contributed by atoms with Gasteiger partial charge in [0.05, 0.1) is 7.11 Å². The van der Waals surface area contributed by atoms with E-state index >= 15 is 0 Å². The minimum Gasteiger partial charge on any atom is -0.466 e. The molecule has 0 heterocycles. The first-order valence-electron chi connectivity index (χ1n) is 3.93. The van der Waals surface area contributed by atoms with Crippen molar-refractivity contribution in [1.82, 2.24) is 0 Å². The third kappa shape index (κ3) is 2.74. The van der Waals surface area contributed by atoms with E-state index < -0.39 is 0 Å². The van der Waals surface area contributed by atoms with Gasteiger partial charge in [-0.3, -0.25) is 0 Å². The summed E-state index contributed by atoms with van der Waals surface area (Å²) >= 11 is 0. The quantitative estimate of drug-likeness (QED) is 0.354. The SMILES string of the molecule is COC(=O)/C=C/C1=CCC=CC1. The molecule has 2 nitrogen and oxygen atoms in total. The van der Waals surface area contributed by atoms with Crippen LogP contribution in [-0.4, -0.2) is 13.1 Å². The van der Waals surface area contributed by atoms with E-state index in [0.29, 0.717) is 0 Å². The highest BCUT2D eigenvalue weighted by atomic mass is 16.5. The lowest BCUT2D eigenvalue weighted by Crippen LogP contribution is -1.94. The van der Waals surface area contributed by atoms with Crippen LogP contribution in [0.2, 0.25) is 0 Å². The molecule has 0 atom stereocenters. The molecule has 1 aliphatic carbocycles. The van der Waals surface area contributed by atoms with Crippen molar-refractivity contribution in [2.24, 2.45) is 0 Å². The molecular formula is C10H12O2. The third-order valence-electron chi connectivity index (χ3n) is 1.67. The average Bonchev–Trinajstić information content (AvgIpc) is 2.16. The second kappa shape index (κ2) is 4.54. The first-order chi connectivity index (χ1) is 5.83. The number of rotatable bonds is 2. The van der Waals surface area contributed by atoms with Gasteiger partial charge in [-0.15, -0.1) is 0 Å². The molecule has 0 N–H and O–H groups in total. The zero-order chi connectivity index (χ0) is 8.81. The summed E-state index contributed by atoms with van der Waals surface area (Å²) in [5.74, 6) is -0.301. The molecule has 0 aromatic carbocycles. The van der Waals surface area contributed by atoms with E-state index in [1.807, 2.05) is 0 Å². The Kier molecular flexibility index (Phi) is 3.33. The summed E-state index contributed by atoms with van der Waals surface area (Å²) in [5.41, 5.74) is 1.17. The number of carbonyl (C=O) groups is 1. The molecule has 64 valence electrons. The van der Waals surface area contributed by atoms with Crippen LogP contribution in [-0.2, 0) is 9.53 Å². The molecule has 1 aliphatic rings. The van der Waals surface area contributed by atoms with E-state index in [9.17, 15) is 4.79 Å². The van der Waals surface area contributed by atoms with Crippen LogP contribution in [0.4, 0.5) is 0 Å². The largest absolute Gasteiger partial charge is 0.466 e. The number of allylic oxidation sites excluding steroid dienone is 5. The maximum absolute atomic E-state index is 10.7. The molecule has 0 saturated heterocycles. The molecule has 2 heteroatoms. The Morgan fingerprint density at radius 3 is 3.00 bits per heavy atom. The molecular weight excluding hydrogens is 152 g/mol. The van der Waals surface area contributed by atoms with Gasteiger partial charge in [0.25, 0.3) is 0 Å². The van der Waals surface area contributed by atoms with Crippen molar-refractivity contribution >= 4 is 5.97 Å². The first kappa shape index (κ1) is 8.78. The normalized spacial score (nSPS) is 16.2. The Morgan fingerprint density at radius 1 is 1.58 bits per heavy atom. The van der Waals surface area contributed by atoms with Gasteiger partial charge in [0.2, 0.25) is 0 Å². The first-order valence-corrected chi connectivity index (χ1v) is 3.93. The summed E-state index contributed by atoms with van der Waals surface area (Å²) in [6.07, 6.45) is 11.4. The van der Waals surface area contributed by atoms with Gasteiger partial charge in [-0.1, -0.05) is 24.3 Å². The fourth-order valence-corrected chi connectivity index (χ4v) is 0.998. The van der Waals surface area contributed by atoms with Gasteiger partial charge in [-0.2, -0.15) is 0 Å². The Balaban J connectivity index is 2.45. The van der Waals surface area contributed by atoms with Gasteiger partial charge in [0, 0.05) is 6.08 Å². The Morgan fingerprint density at radius 2 is 2.42 bits per heavy atom. The second-order valence-corrected chi connectivity index (χ2v) is 2.55. The highest BCUT2D eigenvalue weighted by Gasteiger charge is 1.95. The standard InChI is InChI=1S/C10H12O2/c1-12-10(11)8-7-9-5-3-2-4-6-9/h2-3,6-8H,4-5H2,1H3/b8-7+. The number of methoxy groups -OCH3 is 1. The topological polar surface area (TPSA) is 26.3 Å². The third-order valence-corrected chi connectivity index (χ3v) is 1.67. The lowest BCUT2D eigenvalue weighted by Gasteiger charge is -2.01. The maximum atomic E-state index is 10.7. The highest BCUT2D eigenvalue weighted by molar-refractivity contribution is 5.82. The molecule has 1 rings (SSSR count). The number of esters is 1. The fourth-order valence-electron chi connectivity index (χ4n) is 0.998. The van der Waals surface area contributed by atoms with Crippen LogP contribution >= 0.6 is 0 Å². The molecule has 0 saturated carbocycles. The van der Waals surface area contributed by atoms with Crippen molar-refractivity contribution in [3.05, 3.63) is 36.0 Å². The molecule has 0 aromatic rings. The molecule has 12 heavy (non-hydrogen) atoms. The van der Waals surface area contributed by atoms with Gasteiger partial charge < -0.3 is 4.74 Å². The minimum absolute atomic E-state index is 0.301. The monoisotopic (exact) mass is 164 g/mol. The van der Waals surface area contributed by atoms with E-state index in [4.69, 9.17) is 0 Å². The Hall–Kier alpha value is -1.31. The van der Waals surface area contributed by atoms with Gasteiger partial charge in [0.1, 0.15) is 0 Å². The van der Waals surface area contributed by atoms with E-state index in [0.717, 1.165) is 12.8 Å². The van der Waals surface area contributed by atoms with Gasteiger partial charge in [-0.25, -0.2) is 4.79 Å². The average molecular weight is 164 g/mol. The van der Waals surface area contributed by atoms with Gasteiger partial charge in [0.15, 0.2) is 0 Å². The summed E-state index contributed by atoms with van der Waals surface area (Å²) in [6.45, 7) is 0. The van der Waals surface area contributed by atoms with Gasteiger partial charge in [-0.05, 0) is 18.4 Å². The molecule has 0 spiro atoms. The molecule has 0 unspecified atom stereocenters. The zero-order valence-electron chi connectivity index (χ0n) is 7.12. The molecule has 0 aromatic heterocycles. The molecule has 0 fully saturated rings. The van der Waals surface area contributed by atoms with E-state index in [1.165, 1.54) is 18.8 Å². The van der Waals surface area contributed by atoms with Crippen molar-refractivity contribution in [3.8, 4) is 0 Å². The number of hydrogen-bond donors (Lipinski definition) is 0. The van der Waals surface area contributed by atoms with Crippen molar-refractivity contribution in [2.75, 3.05) is 7.11 Å². The maximum Gasteiger partial charge on any atom is 0.330 e. The molecule has 0 radical (unpaired) electrons. The molecule has 0 aliphatic heterocycles. The van der Waals surface area contributed by atoms with Crippen molar-refractivity contribution in [3.63, 3.8) is 0 Å². The van der Waals surface area contributed by atoms with E-state index in [-0.39, 0.29) is 5.97 Å². The van der Waals surface area contributed by atoms with E-state index in [1.54, 1.807) is 6.08 Å². The summed E-state index contributed by atoms with van der Waals surface area (Å²) < 4.78 is 4.47. The van der Waals surface area contributed by atoms with Crippen LogP contribution in [0, 0.1) is 0 Å².